The van der Waals surface area contributed by atoms with Crippen LogP contribution in [0.25, 0.3) is 0 Å². The highest BCUT2D eigenvalue weighted by Gasteiger charge is 2.55. The van der Waals surface area contributed by atoms with Crippen LogP contribution in [-0.4, -0.2) is 46.2 Å². The number of carbonyl (C=O) groups is 1. The SMILES string of the molecule is CC(C)C1(C(C)C)CSC2CCC(NCC(F)(F)F)C(=O)N21. The van der Waals surface area contributed by atoms with Crippen LogP contribution >= 0.6 is 11.8 Å². The third kappa shape index (κ3) is 3.11. The standard InChI is InChI=1S/C15H25F3N2OS/c1-9(2)14(10(3)4)8-22-12-6-5-11(13(21)20(12)14)19-7-15(16,17)18/h9-12,19H,5-8H2,1-4H3. The molecule has 22 heavy (non-hydrogen) atoms. The molecule has 128 valence electrons. The molecule has 0 radical (unpaired) electrons. The highest BCUT2D eigenvalue weighted by molar-refractivity contribution is 8.00. The Morgan fingerprint density at radius 3 is 2.36 bits per heavy atom. The fraction of sp³-hybridized carbons (Fsp3) is 0.933. The second-order valence-corrected chi connectivity index (χ2v) is 8.07. The summed E-state index contributed by atoms with van der Waals surface area (Å²) >= 11 is 1.77. The summed E-state index contributed by atoms with van der Waals surface area (Å²) in [6.07, 6.45) is -3.05. The zero-order chi connectivity index (χ0) is 16.7. The minimum Gasteiger partial charge on any atom is -0.322 e. The number of carbonyl (C=O) groups excluding carboxylic acids is 1. The van der Waals surface area contributed by atoms with Crippen molar-refractivity contribution in [1.82, 2.24) is 10.2 Å². The molecule has 0 aromatic carbocycles. The molecule has 2 aliphatic rings. The number of amides is 1. The van der Waals surface area contributed by atoms with Gasteiger partial charge in [-0.2, -0.15) is 13.2 Å². The lowest BCUT2D eigenvalue weighted by atomic mass is 9.75. The summed E-state index contributed by atoms with van der Waals surface area (Å²) in [6.45, 7) is 7.29. The normalized spacial score (nSPS) is 28.6. The van der Waals surface area contributed by atoms with Crippen LogP contribution in [0, 0.1) is 11.8 Å². The van der Waals surface area contributed by atoms with Gasteiger partial charge in [0.25, 0.3) is 0 Å². The monoisotopic (exact) mass is 338 g/mol. The molecular weight excluding hydrogens is 313 g/mol. The second-order valence-electron chi connectivity index (χ2n) is 6.90. The topological polar surface area (TPSA) is 32.3 Å². The Balaban J connectivity index is 2.20. The van der Waals surface area contributed by atoms with E-state index in [0.29, 0.717) is 6.42 Å². The first-order chi connectivity index (χ1) is 10.1. The smallest absolute Gasteiger partial charge is 0.322 e. The van der Waals surface area contributed by atoms with E-state index in [1.54, 1.807) is 11.8 Å². The summed E-state index contributed by atoms with van der Waals surface area (Å²) in [5.74, 6) is 1.25. The molecular formula is C15H25F3N2OS. The van der Waals surface area contributed by atoms with Gasteiger partial charge in [0.05, 0.1) is 23.5 Å². The Morgan fingerprint density at radius 2 is 1.86 bits per heavy atom. The molecule has 2 heterocycles. The molecule has 7 heteroatoms. The van der Waals surface area contributed by atoms with E-state index >= 15 is 0 Å². The van der Waals surface area contributed by atoms with E-state index in [9.17, 15) is 18.0 Å². The molecule has 0 spiro atoms. The maximum Gasteiger partial charge on any atom is 0.401 e. The van der Waals surface area contributed by atoms with Crippen molar-refractivity contribution in [2.45, 2.75) is 63.7 Å². The lowest BCUT2D eigenvalue weighted by Gasteiger charge is -2.49. The number of thioether (sulfide) groups is 1. The van der Waals surface area contributed by atoms with Crippen LogP contribution in [-0.2, 0) is 4.79 Å². The van der Waals surface area contributed by atoms with Crippen molar-refractivity contribution < 1.29 is 18.0 Å². The molecule has 0 saturated carbocycles. The molecule has 2 aliphatic heterocycles. The molecule has 0 aromatic rings. The average molecular weight is 338 g/mol. The number of halogens is 3. The number of rotatable bonds is 4. The Bertz CT molecular complexity index is 418. The van der Waals surface area contributed by atoms with Gasteiger partial charge in [-0.1, -0.05) is 27.7 Å². The minimum absolute atomic E-state index is 0.112. The zero-order valence-electron chi connectivity index (χ0n) is 13.5. The first-order valence-corrected chi connectivity index (χ1v) is 8.89. The van der Waals surface area contributed by atoms with Crippen molar-refractivity contribution in [2.75, 3.05) is 12.3 Å². The van der Waals surface area contributed by atoms with Crippen LogP contribution in [0.3, 0.4) is 0 Å². The lowest BCUT2D eigenvalue weighted by molar-refractivity contribution is -0.150. The predicted octanol–water partition coefficient (Wildman–Crippen LogP) is 3.25. The highest BCUT2D eigenvalue weighted by atomic mass is 32.2. The summed E-state index contributed by atoms with van der Waals surface area (Å²) < 4.78 is 37.3. The fourth-order valence-electron chi connectivity index (χ4n) is 3.79. The Kier molecular flexibility index (Phi) is 5.07. The van der Waals surface area contributed by atoms with Gasteiger partial charge in [0.2, 0.25) is 5.91 Å². The quantitative estimate of drug-likeness (QED) is 0.854. The van der Waals surface area contributed by atoms with Crippen molar-refractivity contribution in [3.8, 4) is 0 Å². The number of fused-ring (bicyclic) bond motifs is 1. The molecule has 1 amide bonds. The van der Waals surface area contributed by atoms with Crippen molar-refractivity contribution in [2.24, 2.45) is 11.8 Å². The van der Waals surface area contributed by atoms with E-state index in [0.717, 1.165) is 12.2 Å². The summed E-state index contributed by atoms with van der Waals surface area (Å²) in [6, 6.07) is -0.714. The number of alkyl halides is 3. The molecule has 1 N–H and O–H groups in total. The molecule has 3 nitrogen and oxygen atoms in total. The second kappa shape index (κ2) is 6.23. The number of piperidine rings is 1. The van der Waals surface area contributed by atoms with Gasteiger partial charge in [0, 0.05) is 5.75 Å². The van der Waals surface area contributed by atoms with Crippen LogP contribution in [0.15, 0.2) is 0 Å². The molecule has 0 aliphatic carbocycles. The van der Waals surface area contributed by atoms with Gasteiger partial charge in [-0.15, -0.1) is 11.8 Å². The summed E-state index contributed by atoms with van der Waals surface area (Å²) in [4.78, 5) is 14.7. The molecule has 2 fully saturated rings. The number of nitrogens with zero attached hydrogens (tertiary/aromatic N) is 1. The van der Waals surface area contributed by atoms with Gasteiger partial charge in [0.1, 0.15) is 0 Å². The first-order valence-electron chi connectivity index (χ1n) is 7.84. The first kappa shape index (κ1) is 17.9. The maximum atomic E-state index is 12.8. The largest absolute Gasteiger partial charge is 0.401 e. The molecule has 2 rings (SSSR count). The van der Waals surface area contributed by atoms with Crippen LogP contribution in [0.2, 0.25) is 0 Å². The van der Waals surface area contributed by atoms with Crippen LogP contribution < -0.4 is 5.32 Å². The molecule has 2 atom stereocenters. The van der Waals surface area contributed by atoms with E-state index in [2.05, 4.69) is 33.0 Å². The van der Waals surface area contributed by atoms with Gasteiger partial charge >= 0.3 is 6.18 Å². The van der Waals surface area contributed by atoms with Crippen LogP contribution in [0.4, 0.5) is 13.2 Å². The highest BCUT2D eigenvalue weighted by Crippen LogP contribution is 2.49. The minimum atomic E-state index is -4.29. The third-order valence-electron chi connectivity index (χ3n) is 5.03. The van der Waals surface area contributed by atoms with E-state index in [1.807, 2.05) is 4.90 Å². The molecule has 0 aromatic heterocycles. The Morgan fingerprint density at radius 1 is 1.27 bits per heavy atom. The van der Waals surface area contributed by atoms with Crippen molar-refractivity contribution >= 4 is 17.7 Å². The van der Waals surface area contributed by atoms with Crippen molar-refractivity contribution in [3.05, 3.63) is 0 Å². The van der Waals surface area contributed by atoms with Gasteiger partial charge in [-0.3, -0.25) is 10.1 Å². The summed E-state index contributed by atoms with van der Waals surface area (Å²) in [5, 5.41) is 2.53. The van der Waals surface area contributed by atoms with Crippen LogP contribution in [0.5, 0.6) is 0 Å². The molecule has 2 saturated heterocycles. The number of hydrogen-bond donors (Lipinski definition) is 1. The fourth-order valence-corrected chi connectivity index (χ4v) is 5.80. The maximum absolute atomic E-state index is 12.8. The van der Waals surface area contributed by atoms with Gasteiger partial charge in [-0.05, 0) is 24.7 Å². The van der Waals surface area contributed by atoms with Gasteiger partial charge < -0.3 is 4.90 Å². The van der Waals surface area contributed by atoms with E-state index in [-0.39, 0.29) is 28.7 Å². The number of nitrogens with one attached hydrogen (secondary N) is 1. The van der Waals surface area contributed by atoms with E-state index in [4.69, 9.17) is 0 Å². The predicted molar refractivity (Wildman–Crippen MR) is 82.6 cm³/mol. The summed E-state index contributed by atoms with van der Waals surface area (Å²) in [7, 11) is 0. The number of hydrogen-bond acceptors (Lipinski definition) is 3. The Labute approximate surface area is 134 Å². The van der Waals surface area contributed by atoms with E-state index in [1.165, 1.54) is 0 Å². The third-order valence-corrected chi connectivity index (χ3v) is 6.49. The lowest BCUT2D eigenvalue weighted by Crippen LogP contribution is -2.64. The van der Waals surface area contributed by atoms with Crippen molar-refractivity contribution in [3.63, 3.8) is 0 Å². The zero-order valence-corrected chi connectivity index (χ0v) is 14.4. The van der Waals surface area contributed by atoms with Gasteiger partial charge in [0.15, 0.2) is 0 Å². The van der Waals surface area contributed by atoms with Crippen molar-refractivity contribution in [1.29, 1.82) is 0 Å². The summed E-state index contributed by atoms with van der Waals surface area (Å²) in [5.41, 5.74) is -0.259. The van der Waals surface area contributed by atoms with Crippen LogP contribution in [0.1, 0.15) is 40.5 Å². The molecule has 0 bridgehead atoms. The Hall–Kier alpha value is -0.430. The average Bonchev–Trinajstić information content (AvgIpc) is 2.78. The molecule has 2 unspecified atom stereocenters. The van der Waals surface area contributed by atoms with Gasteiger partial charge in [-0.25, -0.2) is 0 Å². The van der Waals surface area contributed by atoms with E-state index < -0.39 is 18.8 Å².